The summed E-state index contributed by atoms with van der Waals surface area (Å²) in [6.07, 6.45) is 3.87. The molecule has 0 aliphatic carbocycles. The molecule has 1 aliphatic heterocycles. The van der Waals surface area contributed by atoms with Crippen molar-refractivity contribution in [2.75, 3.05) is 6.54 Å². The van der Waals surface area contributed by atoms with Crippen LogP contribution in [0, 0.1) is 0 Å². The van der Waals surface area contributed by atoms with Gasteiger partial charge in [-0.3, -0.25) is 4.79 Å². The summed E-state index contributed by atoms with van der Waals surface area (Å²) in [7, 11) is 0. The van der Waals surface area contributed by atoms with E-state index in [4.69, 9.17) is 11.6 Å². The molecule has 1 saturated heterocycles. The van der Waals surface area contributed by atoms with Crippen molar-refractivity contribution in [1.82, 2.24) is 4.90 Å². The molecule has 1 heterocycles. The molecule has 0 radical (unpaired) electrons. The second-order valence-electron chi connectivity index (χ2n) is 6.31. The Morgan fingerprint density at radius 3 is 2.58 bits per heavy atom. The number of likely N-dealkylation sites (tertiary alicyclic amines) is 1. The van der Waals surface area contributed by atoms with Gasteiger partial charge in [0, 0.05) is 24.0 Å². The number of phenolic OH excluding ortho intramolecular Hbond substituents is 1. The van der Waals surface area contributed by atoms with Crippen LogP contribution in [-0.2, 0) is 17.6 Å². The lowest BCUT2D eigenvalue weighted by molar-refractivity contribution is -0.131. The first-order chi connectivity index (χ1) is 11.6. The number of phenols is 1. The molecule has 24 heavy (non-hydrogen) atoms. The van der Waals surface area contributed by atoms with Gasteiger partial charge >= 0.3 is 0 Å². The van der Waals surface area contributed by atoms with Gasteiger partial charge in [0.2, 0.25) is 5.91 Å². The quantitative estimate of drug-likeness (QED) is 0.883. The maximum atomic E-state index is 12.6. The number of carbonyl (C=O) groups excluding carboxylic acids is 1. The topological polar surface area (TPSA) is 40.5 Å². The highest BCUT2D eigenvalue weighted by molar-refractivity contribution is 6.31. The fourth-order valence-corrected chi connectivity index (χ4v) is 3.61. The van der Waals surface area contributed by atoms with Gasteiger partial charge in [0.1, 0.15) is 5.75 Å². The first-order valence-electron chi connectivity index (χ1n) is 8.45. The fourth-order valence-electron chi connectivity index (χ4n) is 3.40. The number of carbonyl (C=O) groups is 1. The third-order valence-corrected chi connectivity index (χ3v) is 5.08. The molecule has 4 heteroatoms. The predicted molar refractivity (Wildman–Crippen MR) is 96.3 cm³/mol. The average molecular weight is 344 g/mol. The molecule has 126 valence electrons. The van der Waals surface area contributed by atoms with Crippen molar-refractivity contribution in [2.24, 2.45) is 0 Å². The van der Waals surface area contributed by atoms with Gasteiger partial charge in [0.15, 0.2) is 0 Å². The molecule has 0 bridgehead atoms. The fraction of sp³-hybridized carbons (Fsp3) is 0.350. The van der Waals surface area contributed by atoms with E-state index >= 15 is 0 Å². The third kappa shape index (κ3) is 3.90. The van der Waals surface area contributed by atoms with E-state index in [0.29, 0.717) is 12.8 Å². The lowest BCUT2D eigenvalue weighted by Gasteiger charge is -2.25. The average Bonchev–Trinajstić information content (AvgIpc) is 3.04. The summed E-state index contributed by atoms with van der Waals surface area (Å²) in [5.74, 6) is 0.423. The van der Waals surface area contributed by atoms with Crippen LogP contribution in [0.4, 0.5) is 0 Å². The number of amides is 1. The summed E-state index contributed by atoms with van der Waals surface area (Å²) in [5, 5.41) is 10.6. The molecule has 0 spiro atoms. The van der Waals surface area contributed by atoms with Crippen molar-refractivity contribution < 1.29 is 9.90 Å². The molecule has 2 aromatic carbocycles. The second kappa shape index (κ2) is 7.71. The number of aryl methyl sites for hydroxylation is 1. The molecular weight excluding hydrogens is 322 g/mol. The van der Waals surface area contributed by atoms with Crippen molar-refractivity contribution in [3.8, 4) is 5.75 Å². The van der Waals surface area contributed by atoms with E-state index in [9.17, 15) is 9.90 Å². The van der Waals surface area contributed by atoms with Gasteiger partial charge in [-0.2, -0.15) is 0 Å². The van der Waals surface area contributed by atoms with E-state index in [2.05, 4.69) is 0 Å². The molecule has 3 nitrogen and oxygen atoms in total. The van der Waals surface area contributed by atoms with Crippen molar-refractivity contribution in [1.29, 1.82) is 0 Å². The molecular formula is C20H22ClNO2. The number of para-hydroxylation sites is 1. The smallest absolute Gasteiger partial charge is 0.223 e. The molecule has 1 N–H and O–H groups in total. The Morgan fingerprint density at radius 2 is 1.83 bits per heavy atom. The number of rotatable bonds is 5. The van der Waals surface area contributed by atoms with Crippen LogP contribution in [0.3, 0.4) is 0 Å². The molecule has 1 unspecified atom stereocenters. The number of nitrogens with zero attached hydrogens (tertiary/aromatic N) is 1. The van der Waals surface area contributed by atoms with Gasteiger partial charge in [-0.15, -0.1) is 0 Å². The zero-order valence-electron chi connectivity index (χ0n) is 13.6. The van der Waals surface area contributed by atoms with Gasteiger partial charge in [0.05, 0.1) is 0 Å². The summed E-state index contributed by atoms with van der Waals surface area (Å²) < 4.78 is 0. The Kier molecular flexibility index (Phi) is 5.41. The van der Waals surface area contributed by atoms with Gasteiger partial charge in [0.25, 0.3) is 0 Å². The monoisotopic (exact) mass is 343 g/mol. The molecule has 1 aliphatic rings. The summed E-state index contributed by atoms with van der Waals surface area (Å²) in [6.45, 7) is 0.814. The first-order valence-corrected chi connectivity index (χ1v) is 8.82. The number of hydrogen-bond acceptors (Lipinski definition) is 2. The van der Waals surface area contributed by atoms with E-state index in [-0.39, 0.29) is 17.7 Å². The lowest BCUT2D eigenvalue weighted by atomic mass is 10.0. The Labute approximate surface area is 147 Å². The van der Waals surface area contributed by atoms with Gasteiger partial charge in [-0.1, -0.05) is 48.0 Å². The van der Waals surface area contributed by atoms with Crippen LogP contribution in [0.25, 0.3) is 0 Å². The predicted octanol–water partition coefficient (Wildman–Crippen LogP) is 4.21. The normalized spacial score (nSPS) is 17.2. The van der Waals surface area contributed by atoms with Crippen molar-refractivity contribution in [3.05, 3.63) is 64.7 Å². The largest absolute Gasteiger partial charge is 0.508 e. The molecule has 1 amide bonds. The van der Waals surface area contributed by atoms with Crippen LogP contribution in [0.5, 0.6) is 5.75 Å². The highest BCUT2D eigenvalue weighted by Crippen LogP contribution is 2.26. The summed E-state index contributed by atoms with van der Waals surface area (Å²) in [5.41, 5.74) is 1.93. The number of hydrogen-bond donors (Lipinski definition) is 1. The van der Waals surface area contributed by atoms with Gasteiger partial charge < -0.3 is 10.0 Å². The highest BCUT2D eigenvalue weighted by atomic mass is 35.5. The molecule has 1 atom stereocenters. The number of aromatic hydroxyl groups is 1. The van der Waals surface area contributed by atoms with Crippen LogP contribution in [0.2, 0.25) is 5.02 Å². The van der Waals surface area contributed by atoms with E-state index in [0.717, 1.165) is 42.0 Å². The maximum Gasteiger partial charge on any atom is 0.223 e. The van der Waals surface area contributed by atoms with Gasteiger partial charge in [-0.05, 0) is 48.9 Å². The summed E-state index contributed by atoms with van der Waals surface area (Å²) in [4.78, 5) is 14.6. The third-order valence-electron chi connectivity index (χ3n) is 4.71. The van der Waals surface area contributed by atoms with E-state index in [1.54, 1.807) is 12.1 Å². The van der Waals surface area contributed by atoms with Crippen LogP contribution in [-0.4, -0.2) is 28.5 Å². The van der Waals surface area contributed by atoms with Crippen molar-refractivity contribution in [2.45, 2.75) is 38.1 Å². The van der Waals surface area contributed by atoms with E-state index < -0.39 is 0 Å². The van der Waals surface area contributed by atoms with Crippen LogP contribution in [0.15, 0.2) is 48.5 Å². The second-order valence-corrected chi connectivity index (χ2v) is 6.71. The minimum atomic E-state index is 0.160. The Hall–Kier alpha value is -2.00. The summed E-state index contributed by atoms with van der Waals surface area (Å²) >= 11 is 6.26. The molecule has 1 fully saturated rings. The summed E-state index contributed by atoms with van der Waals surface area (Å²) in [6, 6.07) is 15.3. The molecule has 3 rings (SSSR count). The van der Waals surface area contributed by atoms with Crippen molar-refractivity contribution >= 4 is 17.5 Å². The van der Waals surface area contributed by atoms with Crippen LogP contribution < -0.4 is 0 Å². The van der Waals surface area contributed by atoms with Crippen LogP contribution in [0.1, 0.15) is 30.4 Å². The van der Waals surface area contributed by atoms with E-state index in [1.165, 1.54) is 0 Å². The SMILES string of the molecule is O=C(CCc1ccccc1O)N1CCCC1Cc1ccccc1Cl. The Bertz CT molecular complexity index is 716. The highest BCUT2D eigenvalue weighted by Gasteiger charge is 2.28. The zero-order chi connectivity index (χ0) is 16.9. The molecule has 0 saturated carbocycles. The minimum absolute atomic E-state index is 0.160. The zero-order valence-corrected chi connectivity index (χ0v) is 14.4. The lowest BCUT2D eigenvalue weighted by Crippen LogP contribution is -2.37. The number of benzene rings is 2. The molecule has 0 aromatic heterocycles. The standard InChI is InChI=1S/C20H22ClNO2/c21-18-9-3-1-7-16(18)14-17-8-5-13-22(17)20(24)12-11-15-6-2-4-10-19(15)23/h1-4,6-7,9-10,17,23H,5,8,11-14H2. The maximum absolute atomic E-state index is 12.6. The van der Waals surface area contributed by atoms with Crippen LogP contribution >= 0.6 is 11.6 Å². The Balaban J connectivity index is 1.61. The van der Waals surface area contributed by atoms with Crippen molar-refractivity contribution in [3.63, 3.8) is 0 Å². The molecule has 2 aromatic rings. The first kappa shape index (κ1) is 16.8. The Morgan fingerprint density at radius 1 is 1.12 bits per heavy atom. The minimum Gasteiger partial charge on any atom is -0.508 e. The van der Waals surface area contributed by atoms with E-state index in [1.807, 2.05) is 41.3 Å². The number of halogens is 1. The van der Waals surface area contributed by atoms with Gasteiger partial charge in [-0.25, -0.2) is 0 Å².